The van der Waals surface area contributed by atoms with Gasteiger partial charge in [0.25, 0.3) is 0 Å². The van der Waals surface area contributed by atoms with Gasteiger partial charge in [0.1, 0.15) is 17.3 Å². The number of hydrogen-bond acceptors (Lipinski definition) is 5. The number of ether oxygens (including phenoxy) is 1. The molecule has 0 unspecified atom stereocenters. The van der Waals surface area contributed by atoms with Crippen LogP contribution in [0.15, 0.2) is 35.1 Å². The summed E-state index contributed by atoms with van der Waals surface area (Å²) < 4.78 is 5.57. The maximum Gasteiger partial charge on any atom is 0.320 e. The molecule has 29 heavy (non-hydrogen) atoms. The van der Waals surface area contributed by atoms with Gasteiger partial charge < -0.3 is 14.9 Å². The van der Waals surface area contributed by atoms with Crippen molar-refractivity contribution in [3.63, 3.8) is 0 Å². The third-order valence-corrected chi connectivity index (χ3v) is 5.80. The van der Waals surface area contributed by atoms with Crippen molar-refractivity contribution in [3.8, 4) is 0 Å². The summed E-state index contributed by atoms with van der Waals surface area (Å²) in [6.45, 7) is 13.1. The fraction of sp³-hybridized carbons (Fsp3) is 0.667. The van der Waals surface area contributed by atoms with E-state index in [0.717, 1.165) is 11.1 Å². The number of hydrogen-bond donors (Lipinski definition) is 2. The highest BCUT2D eigenvalue weighted by Crippen LogP contribution is 2.46. The molecule has 1 aliphatic rings. The van der Waals surface area contributed by atoms with Crippen molar-refractivity contribution in [2.24, 2.45) is 11.3 Å². The summed E-state index contributed by atoms with van der Waals surface area (Å²) in [6.07, 6.45) is 6.43. The van der Waals surface area contributed by atoms with E-state index in [1.165, 1.54) is 6.08 Å². The van der Waals surface area contributed by atoms with Crippen LogP contribution in [0.3, 0.4) is 0 Å². The van der Waals surface area contributed by atoms with E-state index in [0.29, 0.717) is 19.3 Å². The van der Waals surface area contributed by atoms with E-state index in [1.807, 2.05) is 46.8 Å². The van der Waals surface area contributed by atoms with E-state index >= 15 is 0 Å². The molecule has 4 atom stereocenters. The van der Waals surface area contributed by atoms with Crippen LogP contribution in [0, 0.1) is 11.3 Å². The smallest absolute Gasteiger partial charge is 0.320 e. The lowest BCUT2D eigenvalue weighted by Crippen LogP contribution is -2.39. The first-order chi connectivity index (χ1) is 13.4. The molecule has 5 heteroatoms. The topological polar surface area (TPSA) is 83.8 Å². The molecule has 2 N–H and O–H groups in total. The van der Waals surface area contributed by atoms with Crippen LogP contribution in [0.1, 0.15) is 80.6 Å². The van der Waals surface area contributed by atoms with Gasteiger partial charge in [-0.05, 0) is 60.3 Å². The number of esters is 1. The van der Waals surface area contributed by atoms with Crippen molar-refractivity contribution in [1.82, 2.24) is 0 Å². The zero-order valence-electron chi connectivity index (χ0n) is 19.0. The van der Waals surface area contributed by atoms with Crippen LogP contribution in [0.4, 0.5) is 0 Å². The highest BCUT2D eigenvalue weighted by atomic mass is 16.6. The van der Waals surface area contributed by atoms with Gasteiger partial charge >= 0.3 is 5.97 Å². The van der Waals surface area contributed by atoms with Crippen LogP contribution >= 0.6 is 0 Å². The fourth-order valence-electron chi connectivity index (χ4n) is 3.32. The monoisotopic (exact) mass is 406 g/mol. The molecule has 0 bridgehead atoms. The number of aliphatic hydroxyl groups is 2. The van der Waals surface area contributed by atoms with Crippen LogP contribution in [-0.2, 0) is 14.3 Å². The van der Waals surface area contributed by atoms with Crippen molar-refractivity contribution in [2.45, 2.75) is 92.3 Å². The van der Waals surface area contributed by atoms with Gasteiger partial charge in [0.15, 0.2) is 5.78 Å². The van der Waals surface area contributed by atoms with E-state index < -0.39 is 23.1 Å². The summed E-state index contributed by atoms with van der Waals surface area (Å²) in [5.41, 5.74) is -0.413. The predicted octanol–water partition coefficient (Wildman–Crippen LogP) is 5.20. The summed E-state index contributed by atoms with van der Waals surface area (Å²) in [7, 11) is 0. The van der Waals surface area contributed by atoms with Crippen LogP contribution < -0.4 is 0 Å². The molecule has 1 heterocycles. The number of rotatable bonds is 10. The predicted molar refractivity (Wildman–Crippen MR) is 115 cm³/mol. The highest BCUT2D eigenvalue weighted by molar-refractivity contribution is 5.93. The third-order valence-electron chi connectivity index (χ3n) is 5.80. The standard InChI is InChI=1S/C24H38O5/c1-8-18(6)19(25)14-20(26)24(13-11-17(4)5)15-21(29-22(24)27)23(7,28)12-9-10-16(2)3/h10-11,14,18,21,26,28H,8-9,12-13,15H2,1-7H3/b20-14-/t18-,21+,23+,24-/m1/s1. The normalized spacial score (nSPS) is 25.0. The Morgan fingerprint density at radius 2 is 1.86 bits per heavy atom. The summed E-state index contributed by atoms with van der Waals surface area (Å²) in [5, 5.41) is 21.8. The fourth-order valence-corrected chi connectivity index (χ4v) is 3.32. The molecule has 1 fully saturated rings. The maximum absolute atomic E-state index is 12.9. The Bertz CT molecular complexity index is 690. The number of aliphatic hydroxyl groups excluding tert-OH is 1. The molecular formula is C24H38O5. The van der Waals surface area contributed by atoms with E-state index in [2.05, 4.69) is 0 Å². The van der Waals surface area contributed by atoms with Crippen molar-refractivity contribution in [3.05, 3.63) is 35.1 Å². The second-order valence-corrected chi connectivity index (χ2v) is 9.08. The van der Waals surface area contributed by atoms with E-state index in [-0.39, 0.29) is 30.3 Å². The molecule has 1 saturated heterocycles. The van der Waals surface area contributed by atoms with Gasteiger partial charge in [-0.15, -0.1) is 0 Å². The quantitative estimate of drug-likeness (QED) is 0.225. The summed E-state index contributed by atoms with van der Waals surface area (Å²) in [6, 6.07) is 0. The molecule has 0 spiro atoms. The molecule has 1 aliphatic heterocycles. The molecular weight excluding hydrogens is 368 g/mol. The van der Waals surface area contributed by atoms with Crippen molar-refractivity contribution in [2.75, 3.05) is 0 Å². The maximum atomic E-state index is 12.9. The van der Waals surface area contributed by atoms with Crippen molar-refractivity contribution < 1.29 is 24.5 Å². The van der Waals surface area contributed by atoms with E-state index in [9.17, 15) is 19.8 Å². The molecule has 164 valence electrons. The number of carbonyl (C=O) groups is 2. The lowest BCUT2D eigenvalue weighted by Gasteiger charge is -2.29. The SMILES string of the molecule is CC[C@@H](C)C(=O)/C=C(\O)[C@@]1(CC=C(C)C)C[C@@H]([C@@](C)(O)CCC=C(C)C)OC1=O. The molecule has 5 nitrogen and oxygen atoms in total. The van der Waals surface area contributed by atoms with Gasteiger partial charge in [-0.2, -0.15) is 0 Å². The van der Waals surface area contributed by atoms with Gasteiger partial charge in [0.05, 0.1) is 5.60 Å². The van der Waals surface area contributed by atoms with Gasteiger partial charge in [-0.1, -0.05) is 37.1 Å². The minimum absolute atomic E-state index is 0.132. The van der Waals surface area contributed by atoms with Crippen LogP contribution in [0.5, 0.6) is 0 Å². The Labute approximate surface area is 175 Å². The largest absolute Gasteiger partial charge is 0.511 e. The minimum Gasteiger partial charge on any atom is -0.511 e. The van der Waals surface area contributed by atoms with Crippen LogP contribution in [0.2, 0.25) is 0 Å². The van der Waals surface area contributed by atoms with E-state index in [4.69, 9.17) is 4.74 Å². The molecule has 0 radical (unpaired) electrons. The molecule has 0 aromatic carbocycles. The number of cyclic esters (lactones) is 1. The zero-order chi connectivity index (χ0) is 22.4. The summed E-state index contributed by atoms with van der Waals surface area (Å²) in [5.74, 6) is -1.31. The Balaban J connectivity index is 3.22. The molecule has 0 aromatic heterocycles. The summed E-state index contributed by atoms with van der Waals surface area (Å²) in [4.78, 5) is 25.3. The third kappa shape index (κ3) is 6.56. The van der Waals surface area contributed by atoms with Gasteiger partial charge in [0.2, 0.25) is 0 Å². The van der Waals surface area contributed by atoms with Crippen molar-refractivity contribution in [1.29, 1.82) is 0 Å². The summed E-state index contributed by atoms with van der Waals surface area (Å²) >= 11 is 0. The first-order valence-electron chi connectivity index (χ1n) is 10.5. The molecule has 0 amide bonds. The number of ketones is 1. The average Bonchev–Trinajstić information content (AvgIpc) is 2.97. The van der Waals surface area contributed by atoms with Crippen LogP contribution in [0.25, 0.3) is 0 Å². The lowest BCUT2D eigenvalue weighted by molar-refractivity contribution is -0.156. The van der Waals surface area contributed by atoms with Gasteiger partial charge in [0, 0.05) is 18.4 Å². The highest BCUT2D eigenvalue weighted by Gasteiger charge is 2.56. The van der Waals surface area contributed by atoms with E-state index in [1.54, 1.807) is 13.8 Å². The first-order valence-corrected chi connectivity index (χ1v) is 10.5. The molecule has 0 aliphatic carbocycles. The Kier molecular flexibility index (Phi) is 8.88. The molecule has 0 aromatic rings. The second-order valence-electron chi connectivity index (χ2n) is 9.08. The number of allylic oxidation sites excluding steroid dienone is 5. The van der Waals surface area contributed by atoms with Gasteiger partial charge in [-0.25, -0.2) is 0 Å². The Morgan fingerprint density at radius 3 is 2.38 bits per heavy atom. The minimum atomic E-state index is -1.34. The Hall–Kier alpha value is -1.88. The van der Waals surface area contributed by atoms with Crippen LogP contribution in [-0.4, -0.2) is 33.7 Å². The van der Waals surface area contributed by atoms with Gasteiger partial charge in [-0.3, -0.25) is 9.59 Å². The molecule has 1 rings (SSSR count). The molecule has 0 saturated carbocycles. The number of carbonyl (C=O) groups excluding carboxylic acids is 2. The second kappa shape index (κ2) is 10.2. The lowest BCUT2D eigenvalue weighted by atomic mass is 9.75. The zero-order valence-corrected chi connectivity index (χ0v) is 19.0. The Morgan fingerprint density at radius 1 is 1.28 bits per heavy atom. The average molecular weight is 407 g/mol. The first kappa shape index (κ1) is 25.2. The van der Waals surface area contributed by atoms with Crippen molar-refractivity contribution >= 4 is 11.8 Å².